The van der Waals surface area contributed by atoms with E-state index in [0.29, 0.717) is 12.3 Å². The highest BCUT2D eigenvalue weighted by Gasteiger charge is 2.17. The molecule has 6 heteroatoms. The van der Waals surface area contributed by atoms with Crippen molar-refractivity contribution in [3.63, 3.8) is 0 Å². The van der Waals surface area contributed by atoms with E-state index >= 15 is 0 Å². The summed E-state index contributed by atoms with van der Waals surface area (Å²) in [6.45, 7) is 4.01. The van der Waals surface area contributed by atoms with E-state index in [-0.39, 0.29) is 11.9 Å². The summed E-state index contributed by atoms with van der Waals surface area (Å²) in [6, 6.07) is 9.19. The van der Waals surface area contributed by atoms with E-state index in [0.717, 1.165) is 16.7 Å². The lowest BCUT2D eigenvalue weighted by molar-refractivity contribution is -0.124. The lowest BCUT2D eigenvalue weighted by Gasteiger charge is -2.13. The Morgan fingerprint density at radius 1 is 1.43 bits per heavy atom. The van der Waals surface area contributed by atoms with Crippen LogP contribution in [0.3, 0.4) is 0 Å². The highest BCUT2D eigenvalue weighted by Crippen LogP contribution is 2.17. The fourth-order valence-electron chi connectivity index (χ4n) is 2.23. The maximum Gasteiger partial charge on any atom is 0.243 e. The Morgan fingerprint density at radius 2 is 2.24 bits per heavy atom. The molecule has 3 rings (SSSR count). The van der Waals surface area contributed by atoms with Crippen molar-refractivity contribution in [1.29, 1.82) is 0 Å². The Bertz CT molecular complexity index is 775. The summed E-state index contributed by atoms with van der Waals surface area (Å²) >= 11 is 0. The molecule has 1 N–H and O–H groups in total. The molecule has 0 radical (unpaired) electrons. The number of amides is 1. The summed E-state index contributed by atoms with van der Waals surface area (Å²) in [5, 5.41) is 6.63. The van der Waals surface area contributed by atoms with Crippen molar-refractivity contribution in [1.82, 2.24) is 20.0 Å². The van der Waals surface area contributed by atoms with Gasteiger partial charge in [-0.25, -0.2) is 4.98 Å². The van der Waals surface area contributed by atoms with Crippen LogP contribution in [-0.2, 0) is 11.3 Å². The molecular weight excluding hydrogens is 268 g/mol. The second-order valence-electron chi connectivity index (χ2n) is 4.97. The van der Waals surface area contributed by atoms with Crippen molar-refractivity contribution in [3.8, 4) is 0 Å². The van der Waals surface area contributed by atoms with Gasteiger partial charge in [-0.2, -0.15) is 0 Å². The molecule has 1 atom stereocenters. The monoisotopic (exact) mass is 284 g/mol. The third-order valence-corrected chi connectivity index (χ3v) is 3.39. The van der Waals surface area contributed by atoms with E-state index in [4.69, 9.17) is 4.52 Å². The number of fused-ring (bicyclic) bond motifs is 1. The molecule has 2 heterocycles. The first-order chi connectivity index (χ1) is 10.1. The molecular formula is C15H16N4O2. The molecule has 21 heavy (non-hydrogen) atoms. The number of hydrogen-bond donors (Lipinski definition) is 1. The van der Waals surface area contributed by atoms with Crippen LogP contribution in [0.25, 0.3) is 11.0 Å². The molecule has 6 nitrogen and oxygen atoms in total. The number of rotatable bonds is 4. The molecule has 0 aliphatic carbocycles. The second kappa shape index (κ2) is 5.40. The highest BCUT2D eigenvalue weighted by atomic mass is 16.5. The lowest BCUT2D eigenvalue weighted by Crippen LogP contribution is -2.30. The van der Waals surface area contributed by atoms with Crippen LogP contribution in [-0.4, -0.2) is 20.6 Å². The van der Waals surface area contributed by atoms with Crippen LogP contribution < -0.4 is 5.32 Å². The minimum Gasteiger partial charge on any atom is -0.359 e. The average Bonchev–Trinajstić information content (AvgIpc) is 3.10. The van der Waals surface area contributed by atoms with Gasteiger partial charge < -0.3 is 14.4 Å². The molecule has 108 valence electrons. The molecule has 0 spiro atoms. The number of aryl methyl sites for hydroxylation is 1. The van der Waals surface area contributed by atoms with Gasteiger partial charge in [0.2, 0.25) is 5.91 Å². The molecule has 0 aliphatic heterocycles. The van der Waals surface area contributed by atoms with Crippen LogP contribution in [0.1, 0.15) is 24.4 Å². The predicted octanol–water partition coefficient (Wildman–Crippen LogP) is 2.21. The quantitative estimate of drug-likeness (QED) is 0.797. The van der Waals surface area contributed by atoms with Crippen molar-refractivity contribution in [2.45, 2.75) is 26.4 Å². The number of aromatic nitrogens is 3. The van der Waals surface area contributed by atoms with E-state index in [1.807, 2.05) is 42.7 Å². The van der Waals surface area contributed by atoms with Gasteiger partial charge in [0.25, 0.3) is 0 Å². The number of para-hydroxylation sites is 2. The second-order valence-corrected chi connectivity index (χ2v) is 4.97. The normalized spacial score (nSPS) is 12.5. The van der Waals surface area contributed by atoms with Crippen molar-refractivity contribution >= 4 is 16.9 Å². The van der Waals surface area contributed by atoms with E-state index in [2.05, 4.69) is 15.5 Å². The first-order valence-corrected chi connectivity index (χ1v) is 6.76. The number of hydrogen-bond acceptors (Lipinski definition) is 4. The Labute approximate surface area is 121 Å². The van der Waals surface area contributed by atoms with Crippen LogP contribution in [0, 0.1) is 6.92 Å². The van der Waals surface area contributed by atoms with Crippen LogP contribution in [0.2, 0.25) is 0 Å². The zero-order valence-electron chi connectivity index (χ0n) is 11.9. The maximum atomic E-state index is 12.2. The van der Waals surface area contributed by atoms with Gasteiger partial charge in [0.05, 0.1) is 29.6 Å². The molecule has 1 aromatic carbocycles. The fourth-order valence-corrected chi connectivity index (χ4v) is 2.23. The SMILES string of the molecule is Cc1cc(CNC(=O)C(C)n2cnc3ccccc32)on1. The molecule has 2 aromatic heterocycles. The van der Waals surface area contributed by atoms with Crippen LogP contribution in [0.15, 0.2) is 41.2 Å². The van der Waals surface area contributed by atoms with E-state index in [1.165, 1.54) is 0 Å². The van der Waals surface area contributed by atoms with Crippen molar-refractivity contribution in [3.05, 3.63) is 48.1 Å². The number of carbonyl (C=O) groups excluding carboxylic acids is 1. The standard InChI is InChI=1S/C15H16N4O2/c1-10-7-12(21-18-10)8-16-15(20)11(2)19-9-17-13-5-3-4-6-14(13)19/h3-7,9,11H,8H2,1-2H3,(H,16,20). The Hall–Kier alpha value is -2.63. The van der Waals surface area contributed by atoms with Gasteiger partial charge in [-0.05, 0) is 26.0 Å². The summed E-state index contributed by atoms with van der Waals surface area (Å²) in [7, 11) is 0. The molecule has 0 bridgehead atoms. The molecule has 0 aliphatic rings. The fraction of sp³-hybridized carbons (Fsp3) is 0.267. The first kappa shape index (κ1) is 13.4. The molecule has 1 amide bonds. The minimum atomic E-state index is -0.346. The third-order valence-electron chi connectivity index (χ3n) is 3.39. The molecule has 0 saturated heterocycles. The Kier molecular flexibility index (Phi) is 3.43. The smallest absolute Gasteiger partial charge is 0.243 e. The van der Waals surface area contributed by atoms with Gasteiger partial charge in [0.15, 0.2) is 5.76 Å². The zero-order valence-corrected chi connectivity index (χ0v) is 11.9. The van der Waals surface area contributed by atoms with Crippen LogP contribution >= 0.6 is 0 Å². The van der Waals surface area contributed by atoms with Crippen molar-refractivity contribution < 1.29 is 9.32 Å². The van der Waals surface area contributed by atoms with E-state index in [1.54, 1.807) is 12.4 Å². The molecule has 3 aromatic rings. The minimum absolute atomic E-state index is 0.0905. The first-order valence-electron chi connectivity index (χ1n) is 6.76. The van der Waals surface area contributed by atoms with Gasteiger partial charge in [-0.3, -0.25) is 4.79 Å². The van der Waals surface area contributed by atoms with Gasteiger partial charge in [-0.15, -0.1) is 0 Å². The number of nitrogens with one attached hydrogen (secondary N) is 1. The zero-order chi connectivity index (χ0) is 14.8. The molecule has 1 unspecified atom stereocenters. The lowest BCUT2D eigenvalue weighted by atomic mass is 10.2. The maximum absolute atomic E-state index is 12.2. The average molecular weight is 284 g/mol. The van der Waals surface area contributed by atoms with E-state index in [9.17, 15) is 4.79 Å². The van der Waals surface area contributed by atoms with E-state index < -0.39 is 0 Å². The van der Waals surface area contributed by atoms with Crippen molar-refractivity contribution in [2.75, 3.05) is 0 Å². The third kappa shape index (κ3) is 2.65. The van der Waals surface area contributed by atoms with Gasteiger partial charge >= 0.3 is 0 Å². The number of nitrogens with zero attached hydrogens (tertiary/aromatic N) is 3. The molecule has 0 fully saturated rings. The summed E-state index contributed by atoms with van der Waals surface area (Å²) in [5.41, 5.74) is 2.62. The van der Waals surface area contributed by atoms with Crippen LogP contribution in [0.4, 0.5) is 0 Å². The van der Waals surface area contributed by atoms with Crippen molar-refractivity contribution in [2.24, 2.45) is 0 Å². The predicted molar refractivity (Wildman–Crippen MR) is 77.5 cm³/mol. The summed E-state index contributed by atoms with van der Waals surface area (Å²) < 4.78 is 6.93. The topological polar surface area (TPSA) is 73.0 Å². The van der Waals surface area contributed by atoms with Gasteiger partial charge in [0, 0.05) is 6.07 Å². The Balaban J connectivity index is 1.72. The number of imidazole rings is 1. The largest absolute Gasteiger partial charge is 0.359 e. The number of carbonyl (C=O) groups is 1. The Morgan fingerprint density at radius 3 is 3.00 bits per heavy atom. The van der Waals surface area contributed by atoms with Crippen LogP contribution in [0.5, 0.6) is 0 Å². The summed E-state index contributed by atoms with van der Waals surface area (Å²) in [4.78, 5) is 16.5. The highest BCUT2D eigenvalue weighted by molar-refractivity contribution is 5.83. The summed E-state index contributed by atoms with van der Waals surface area (Å²) in [5.74, 6) is 0.552. The number of benzene rings is 1. The molecule has 0 saturated carbocycles. The van der Waals surface area contributed by atoms with Gasteiger partial charge in [-0.1, -0.05) is 17.3 Å². The summed E-state index contributed by atoms with van der Waals surface area (Å²) in [6.07, 6.45) is 1.69. The van der Waals surface area contributed by atoms with Gasteiger partial charge in [0.1, 0.15) is 6.04 Å².